The normalized spacial score (nSPS) is 16.0. The van der Waals surface area contributed by atoms with Crippen LogP contribution in [-0.4, -0.2) is 6.17 Å². The topological polar surface area (TPSA) is 6.48 Å². The third-order valence-corrected chi connectivity index (χ3v) is 4.70. The van der Waals surface area contributed by atoms with Crippen LogP contribution in [0.15, 0.2) is 36.7 Å². The molecule has 0 fully saturated rings. The molecule has 1 aliphatic heterocycles. The van der Waals surface area contributed by atoms with Crippen molar-refractivity contribution in [3.05, 3.63) is 70.0 Å². The Morgan fingerprint density at radius 3 is 1.16 bits per heavy atom. The molecule has 1 aliphatic rings. The summed E-state index contributed by atoms with van der Waals surface area (Å²) in [5, 5.41) is 0. The minimum atomic E-state index is -3.16. The predicted molar refractivity (Wildman–Crippen MR) is 100 cm³/mol. The Morgan fingerprint density at radius 1 is 0.600 bits per heavy atom. The van der Waals surface area contributed by atoms with E-state index in [9.17, 15) is 0 Å². The maximum absolute atomic E-state index is 15.4. The lowest BCUT2D eigenvalue weighted by Crippen LogP contribution is -2.47. The van der Waals surface area contributed by atoms with Crippen molar-refractivity contribution in [3.8, 4) is 0 Å². The van der Waals surface area contributed by atoms with Crippen LogP contribution in [-0.2, 0) is 0 Å². The molecular weight excluding hydrogens is 318 g/mol. The molecule has 0 atom stereocenters. The Kier molecular flexibility index (Phi) is 4.10. The van der Waals surface area contributed by atoms with Crippen molar-refractivity contribution in [1.29, 1.82) is 0 Å². The lowest BCUT2D eigenvalue weighted by molar-refractivity contribution is 0.0202. The highest BCUT2D eigenvalue weighted by Gasteiger charge is 2.48. The van der Waals surface area contributed by atoms with Crippen molar-refractivity contribution in [2.24, 2.45) is 0 Å². The number of halogens is 2. The van der Waals surface area contributed by atoms with Crippen molar-refractivity contribution in [2.75, 3.05) is 9.80 Å². The summed E-state index contributed by atoms with van der Waals surface area (Å²) in [5.41, 5.74) is 6.68. The van der Waals surface area contributed by atoms with E-state index in [-0.39, 0.29) is 0 Å². The average Bonchev–Trinajstić information content (AvgIpc) is 2.73. The fourth-order valence-corrected chi connectivity index (χ4v) is 3.95. The van der Waals surface area contributed by atoms with Crippen molar-refractivity contribution >= 4 is 11.4 Å². The van der Waals surface area contributed by atoms with Crippen LogP contribution in [0.2, 0.25) is 0 Å². The maximum atomic E-state index is 15.4. The molecule has 0 amide bonds. The summed E-state index contributed by atoms with van der Waals surface area (Å²) in [5.74, 6) is 0. The predicted octanol–water partition coefficient (Wildman–Crippen LogP) is 5.89. The van der Waals surface area contributed by atoms with Crippen LogP contribution in [0, 0.1) is 41.5 Å². The van der Waals surface area contributed by atoms with Gasteiger partial charge in [-0.3, -0.25) is 9.80 Å². The first-order valence-corrected chi connectivity index (χ1v) is 8.43. The molecular formula is C21H24F2N2. The third kappa shape index (κ3) is 2.80. The van der Waals surface area contributed by atoms with Crippen LogP contribution in [0.4, 0.5) is 20.2 Å². The van der Waals surface area contributed by atoms with Crippen molar-refractivity contribution < 1.29 is 8.78 Å². The molecule has 3 rings (SSSR count). The van der Waals surface area contributed by atoms with Gasteiger partial charge in [0.1, 0.15) is 0 Å². The van der Waals surface area contributed by atoms with Crippen molar-refractivity contribution in [3.63, 3.8) is 0 Å². The number of anilines is 2. The second-order valence-corrected chi connectivity index (χ2v) is 7.04. The Morgan fingerprint density at radius 2 is 0.880 bits per heavy atom. The van der Waals surface area contributed by atoms with Crippen LogP contribution in [0.25, 0.3) is 0 Å². The molecule has 0 N–H and O–H groups in total. The standard InChI is InChI=1S/C21H24F2N2/c1-13-9-15(3)19(16(4)10-13)24-7-8-25(21(24,22)23)20-17(5)11-14(2)12-18(20)6/h7-12H,1-6H3. The van der Waals surface area contributed by atoms with Gasteiger partial charge in [0.15, 0.2) is 0 Å². The molecule has 2 nitrogen and oxygen atoms in total. The van der Waals surface area contributed by atoms with E-state index in [2.05, 4.69) is 0 Å². The van der Waals surface area contributed by atoms with Crippen LogP contribution >= 0.6 is 0 Å². The summed E-state index contributed by atoms with van der Waals surface area (Å²) < 4.78 is 30.7. The zero-order chi connectivity index (χ0) is 18.5. The smallest absolute Gasteiger partial charge is 0.268 e. The molecule has 4 heteroatoms. The molecule has 25 heavy (non-hydrogen) atoms. The number of aryl methyl sites for hydroxylation is 6. The Balaban J connectivity index is 2.09. The zero-order valence-corrected chi connectivity index (χ0v) is 15.6. The third-order valence-electron chi connectivity index (χ3n) is 4.70. The second kappa shape index (κ2) is 5.87. The van der Waals surface area contributed by atoms with Gasteiger partial charge in [0, 0.05) is 12.4 Å². The summed E-state index contributed by atoms with van der Waals surface area (Å²) in [6, 6.07) is 7.77. The Labute approximate surface area is 148 Å². The number of hydrogen-bond acceptors (Lipinski definition) is 2. The molecule has 0 aromatic heterocycles. The molecule has 0 radical (unpaired) electrons. The molecule has 0 spiro atoms. The highest BCUT2D eigenvalue weighted by Crippen LogP contribution is 2.43. The van der Waals surface area contributed by atoms with Gasteiger partial charge < -0.3 is 0 Å². The Bertz CT molecular complexity index is 753. The highest BCUT2D eigenvalue weighted by atomic mass is 19.3. The molecule has 0 aliphatic carbocycles. The second-order valence-electron chi connectivity index (χ2n) is 7.04. The lowest BCUT2D eigenvalue weighted by Gasteiger charge is -2.34. The van der Waals surface area contributed by atoms with Gasteiger partial charge in [-0.05, 0) is 63.8 Å². The van der Waals surface area contributed by atoms with E-state index >= 15 is 8.78 Å². The zero-order valence-electron chi connectivity index (χ0n) is 15.6. The van der Waals surface area contributed by atoms with Gasteiger partial charge in [0.2, 0.25) is 0 Å². The fraction of sp³-hybridized carbons (Fsp3) is 0.333. The van der Waals surface area contributed by atoms with Crippen LogP contribution in [0.1, 0.15) is 33.4 Å². The van der Waals surface area contributed by atoms with E-state index < -0.39 is 6.17 Å². The van der Waals surface area contributed by atoms with E-state index in [1.54, 1.807) is 0 Å². The number of benzene rings is 2. The van der Waals surface area contributed by atoms with Gasteiger partial charge in [-0.2, -0.15) is 8.78 Å². The summed E-state index contributed by atoms with van der Waals surface area (Å²) >= 11 is 0. The van der Waals surface area contributed by atoms with E-state index in [0.717, 1.165) is 43.2 Å². The van der Waals surface area contributed by atoms with Gasteiger partial charge in [-0.25, -0.2) is 0 Å². The highest BCUT2D eigenvalue weighted by molar-refractivity contribution is 5.71. The number of hydrogen-bond donors (Lipinski definition) is 0. The minimum Gasteiger partial charge on any atom is -0.268 e. The number of rotatable bonds is 2. The van der Waals surface area contributed by atoms with Gasteiger partial charge in [-0.15, -0.1) is 0 Å². The van der Waals surface area contributed by atoms with Crippen LogP contribution in [0.5, 0.6) is 0 Å². The molecule has 0 bridgehead atoms. The molecule has 1 heterocycles. The molecule has 0 unspecified atom stereocenters. The first kappa shape index (κ1) is 17.5. The minimum absolute atomic E-state index is 0.566. The van der Waals surface area contributed by atoms with Gasteiger partial charge in [0.05, 0.1) is 11.4 Å². The van der Waals surface area contributed by atoms with Crippen LogP contribution < -0.4 is 9.80 Å². The number of alkyl halides is 2. The van der Waals surface area contributed by atoms with Gasteiger partial charge in [0.25, 0.3) is 0 Å². The molecule has 132 valence electrons. The van der Waals surface area contributed by atoms with Gasteiger partial charge in [-0.1, -0.05) is 35.4 Å². The molecule has 2 aromatic rings. The van der Waals surface area contributed by atoms with Crippen molar-refractivity contribution in [1.82, 2.24) is 0 Å². The summed E-state index contributed by atoms with van der Waals surface area (Å²) in [6.07, 6.45) is -0.206. The first-order chi connectivity index (χ1) is 11.6. The van der Waals surface area contributed by atoms with Crippen LogP contribution in [0.3, 0.4) is 0 Å². The molecule has 2 aromatic carbocycles. The summed E-state index contributed by atoms with van der Waals surface area (Å²) in [4.78, 5) is 2.16. The van der Waals surface area contributed by atoms with Crippen molar-refractivity contribution in [2.45, 2.75) is 47.7 Å². The van der Waals surface area contributed by atoms with E-state index in [4.69, 9.17) is 0 Å². The Hall–Kier alpha value is -2.36. The van der Waals surface area contributed by atoms with E-state index in [1.807, 2.05) is 65.8 Å². The molecule has 0 saturated carbocycles. The molecule has 0 saturated heterocycles. The average molecular weight is 342 g/mol. The fourth-order valence-electron chi connectivity index (χ4n) is 3.95. The summed E-state index contributed by atoms with van der Waals surface area (Å²) in [6.45, 7) is 11.5. The summed E-state index contributed by atoms with van der Waals surface area (Å²) in [7, 11) is 0. The number of nitrogens with zero attached hydrogens (tertiary/aromatic N) is 2. The van der Waals surface area contributed by atoms with E-state index in [0.29, 0.717) is 11.4 Å². The maximum Gasteiger partial charge on any atom is 0.421 e. The monoisotopic (exact) mass is 342 g/mol. The van der Waals surface area contributed by atoms with E-state index in [1.165, 1.54) is 12.4 Å². The lowest BCUT2D eigenvalue weighted by atomic mass is 10.0. The van der Waals surface area contributed by atoms with Gasteiger partial charge >= 0.3 is 6.17 Å². The SMILES string of the molecule is Cc1cc(C)c(N2C=CN(c3c(C)cc(C)cc3C)C2(F)F)c(C)c1. The first-order valence-electron chi connectivity index (χ1n) is 8.43. The quantitative estimate of drug-likeness (QED) is 0.628. The largest absolute Gasteiger partial charge is 0.421 e.